The van der Waals surface area contributed by atoms with Crippen LogP contribution in [-0.2, 0) is 6.42 Å². The zero-order valence-electron chi connectivity index (χ0n) is 4.98. The first-order valence-corrected chi connectivity index (χ1v) is 3.90. The van der Waals surface area contributed by atoms with Gasteiger partial charge in [-0.1, -0.05) is 0 Å². The van der Waals surface area contributed by atoms with Crippen LogP contribution in [0.2, 0.25) is 0 Å². The molecule has 0 saturated heterocycles. The van der Waals surface area contributed by atoms with Crippen LogP contribution in [0.3, 0.4) is 0 Å². The smallest absolute Gasteiger partial charge is 0.106 e. The molecular weight excluding hydrogens is 132 g/mol. The molecule has 48 valence electrons. The van der Waals surface area contributed by atoms with E-state index < -0.39 is 0 Å². The second kappa shape index (κ2) is 2.01. The summed E-state index contributed by atoms with van der Waals surface area (Å²) in [5.41, 5.74) is 7.64. The van der Waals surface area contributed by atoms with Crippen LogP contribution in [0.1, 0.15) is 5.56 Å². The summed E-state index contributed by atoms with van der Waals surface area (Å²) >= 11 is 1.75. The highest BCUT2D eigenvalue weighted by Crippen LogP contribution is 2.24. The van der Waals surface area contributed by atoms with Gasteiger partial charge in [0.25, 0.3) is 0 Å². The minimum absolute atomic E-state index is 1.05. The summed E-state index contributed by atoms with van der Waals surface area (Å²) in [5.74, 6) is 0. The molecule has 0 atom stereocenters. The van der Waals surface area contributed by atoms with Crippen LogP contribution in [-0.4, -0.2) is 6.54 Å². The molecule has 1 aliphatic heterocycles. The van der Waals surface area contributed by atoms with Crippen molar-refractivity contribution in [2.75, 3.05) is 12.0 Å². The van der Waals surface area contributed by atoms with Crippen LogP contribution >= 0.6 is 11.3 Å². The average molecular weight is 140 g/mol. The van der Waals surface area contributed by atoms with Crippen molar-refractivity contribution in [3.63, 3.8) is 0 Å². The third-order valence-electron chi connectivity index (χ3n) is 1.47. The van der Waals surface area contributed by atoms with Crippen LogP contribution in [0.15, 0.2) is 11.4 Å². The number of thiophene rings is 1. The molecular formula is C6H8N2S. The second-order valence-electron chi connectivity index (χ2n) is 2.08. The maximum atomic E-state index is 3.11. The molecule has 0 radical (unpaired) electrons. The van der Waals surface area contributed by atoms with Gasteiger partial charge in [-0.3, -0.25) is 0 Å². The first-order valence-electron chi connectivity index (χ1n) is 3.02. The number of nitrogens with one attached hydrogen (secondary N) is 2. The van der Waals surface area contributed by atoms with Crippen molar-refractivity contribution in [2.45, 2.75) is 6.42 Å². The molecule has 0 fully saturated rings. The first kappa shape index (κ1) is 5.26. The Morgan fingerprint density at radius 3 is 3.44 bits per heavy atom. The summed E-state index contributed by atoms with van der Waals surface area (Å²) < 4.78 is 0. The van der Waals surface area contributed by atoms with E-state index in [2.05, 4.69) is 22.3 Å². The van der Waals surface area contributed by atoms with Gasteiger partial charge in [0.1, 0.15) is 5.00 Å². The third-order valence-corrected chi connectivity index (χ3v) is 2.34. The van der Waals surface area contributed by atoms with Crippen molar-refractivity contribution >= 4 is 16.3 Å². The predicted molar refractivity (Wildman–Crippen MR) is 39.6 cm³/mol. The molecule has 0 amide bonds. The molecule has 1 aliphatic rings. The van der Waals surface area contributed by atoms with Crippen molar-refractivity contribution in [2.24, 2.45) is 0 Å². The monoisotopic (exact) mass is 140 g/mol. The Bertz CT molecular complexity index is 186. The summed E-state index contributed by atoms with van der Waals surface area (Å²) in [6.07, 6.45) is 1.16. The summed E-state index contributed by atoms with van der Waals surface area (Å²) in [5, 5.41) is 3.39. The largest absolute Gasteiger partial charge is 0.313 e. The van der Waals surface area contributed by atoms with E-state index in [4.69, 9.17) is 0 Å². The lowest BCUT2D eigenvalue weighted by Gasteiger charge is -2.13. The van der Waals surface area contributed by atoms with Crippen molar-refractivity contribution in [1.82, 2.24) is 5.43 Å². The van der Waals surface area contributed by atoms with E-state index in [1.54, 1.807) is 11.3 Å². The maximum absolute atomic E-state index is 3.11. The zero-order chi connectivity index (χ0) is 6.10. The fraction of sp³-hybridized carbons (Fsp3) is 0.333. The van der Waals surface area contributed by atoms with Gasteiger partial charge < -0.3 is 5.43 Å². The molecule has 0 aromatic carbocycles. The Morgan fingerprint density at radius 1 is 1.56 bits per heavy atom. The third kappa shape index (κ3) is 0.821. The summed E-state index contributed by atoms with van der Waals surface area (Å²) in [7, 11) is 0. The molecule has 2 nitrogen and oxygen atoms in total. The van der Waals surface area contributed by atoms with Crippen LogP contribution in [0.25, 0.3) is 0 Å². The Kier molecular flexibility index (Phi) is 1.17. The van der Waals surface area contributed by atoms with Crippen molar-refractivity contribution in [3.05, 3.63) is 17.0 Å². The highest BCUT2D eigenvalue weighted by atomic mass is 32.1. The molecule has 1 aromatic heterocycles. The Balaban J connectivity index is 2.39. The quantitative estimate of drug-likeness (QED) is 0.566. The number of rotatable bonds is 0. The molecule has 3 heteroatoms. The lowest BCUT2D eigenvalue weighted by Crippen LogP contribution is -2.28. The fourth-order valence-electron chi connectivity index (χ4n) is 0.982. The molecule has 2 N–H and O–H groups in total. The van der Waals surface area contributed by atoms with Crippen LogP contribution in [0.4, 0.5) is 5.00 Å². The number of anilines is 1. The Labute approximate surface area is 57.9 Å². The van der Waals surface area contributed by atoms with Gasteiger partial charge in [-0.2, -0.15) is 0 Å². The summed E-state index contributed by atoms with van der Waals surface area (Å²) in [6.45, 7) is 1.05. The lowest BCUT2D eigenvalue weighted by molar-refractivity contribution is 0.754. The summed E-state index contributed by atoms with van der Waals surface area (Å²) in [4.78, 5) is 0. The number of fused-ring (bicyclic) bond motifs is 1. The minimum Gasteiger partial charge on any atom is -0.313 e. The van der Waals surface area contributed by atoms with Gasteiger partial charge in [-0.25, -0.2) is 5.43 Å². The molecule has 9 heavy (non-hydrogen) atoms. The Hall–Kier alpha value is -0.540. The maximum Gasteiger partial charge on any atom is 0.106 e. The van der Waals surface area contributed by atoms with Gasteiger partial charge in [0.15, 0.2) is 0 Å². The number of hydrogen-bond acceptors (Lipinski definition) is 3. The first-order chi connectivity index (χ1) is 4.47. The van der Waals surface area contributed by atoms with E-state index in [0.717, 1.165) is 13.0 Å². The highest BCUT2D eigenvalue weighted by Gasteiger charge is 2.06. The van der Waals surface area contributed by atoms with Crippen LogP contribution < -0.4 is 10.9 Å². The topological polar surface area (TPSA) is 24.1 Å². The van der Waals surface area contributed by atoms with Crippen molar-refractivity contribution < 1.29 is 0 Å². The van der Waals surface area contributed by atoms with Gasteiger partial charge in [-0.05, 0) is 23.4 Å². The molecule has 0 aliphatic carbocycles. The van der Waals surface area contributed by atoms with E-state index >= 15 is 0 Å². The van der Waals surface area contributed by atoms with E-state index in [1.807, 2.05) is 0 Å². The molecule has 2 rings (SSSR count). The molecule has 1 aromatic rings. The molecule has 0 saturated carbocycles. The molecule has 2 heterocycles. The van der Waals surface area contributed by atoms with Gasteiger partial charge in [-0.15, -0.1) is 11.3 Å². The van der Waals surface area contributed by atoms with Gasteiger partial charge in [0.2, 0.25) is 0 Å². The normalized spacial score (nSPS) is 16.4. The zero-order valence-corrected chi connectivity index (χ0v) is 5.79. The van der Waals surface area contributed by atoms with Crippen LogP contribution in [0, 0.1) is 0 Å². The average Bonchev–Trinajstić information content (AvgIpc) is 2.33. The standard InChI is InChI=1S/C6H8N2S/c1-3-7-8-6-5(1)2-4-9-6/h2,4,7-8H,1,3H2. The fourth-order valence-corrected chi connectivity index (χ4v) is 1.80. The lowest BCUT2D eigenvalue weighted by atomic mass is 10.2. The van der Waals surface area contributed by atoms with E-state index in [0.29, 0.717) is 0 Å². The molecule has 0 spiro atoms. The highest BCUT2D eigenvalue weighted by molar-refractivity contribution is 7.14. The van der Waals surface area contributed by atoms with E-state index in [1.165, 1.54) is 10.6 Å². The van der Waals surface area contributed by atoms with Crippen molar-refractivity contribution in [1.29, 1.82) is 0 Å². The predicted octanol–water partition coefficient (Wildman–Crippen LogP) is 1.22. The van der Waals surface area contributed by atoms with E-state index in [9.17, 15) is 0 Å². The van der Waals surface area contributed by atoms with Gasteiger partial charge in [0, 0.05) is 6.54 Å². The van der Waals surface area contributed by atoms with E-state index in [-0.39, 0.29) is 0 Å². The van der Waals surface area contributed by atoms with Crippen molar-refractivity contribution in [3.8, 4) is 0 Å². The van der Waals surface area contributed by atoms with Gasteiger partial charge >= 0.3 is 0 Å². The van der Waals surface area contributed by atoms with Crippen LogP contribution in [0.5, 0.6) is 0 Å². The summed E-state index contributed by atoms with van der Waals surface area (Å²) in [6, 6.07) is 2.17. The minimum atomic E-state index is 1.05. The van der Waals surface area contributed by atoms with Gasteiger partial charge in [0.05, 0.1) is 0 Å². The molecule has 0 bridgehead atoms. The second-order valence-corrected chi connectivity index (χ2v) is 2.99. The number of hydrazine groups is 1. The Morgan fingerprint density at radius 2 is 2.56 bits per heavy atom. The number of hydrogen-bond donors (Lipinski definition) is 2. The SMILES string of the molecule is c1cc2c(s1)NNCC2. The molecule has 0 unspecified atom stereocenters.